The molecular formula is C32H38ClN5O6S. The van der Waals surface area contributed by atoms with Gasteiger partial charge in [0.25, 0.3) is 0 Å². The van der Waals surface area contributed by atoms with E-state index in [4.69, 9.17) is 16.3 Å². The quantitative estimate of drug-likeness (QED) is 0.246. The van der Waals surface area contributed by atoms with E-state index in [9.17, 15) is 22.8 Å². The number of rotatable bonds is 11. The van der Waals surface area contributed by atoms with E-state index in [0.29, 0.717) is 50.5 Å². The van der Waals surface area contributed by atoms with E-state index in [0.717, 1.165) is 16.5 Å². The summed E-state index contributed by atoms with van der Waals surface area (Å²) >= 11 is 6.07. The zero-order valence-electron chi connectivity index (χ0n) is 25.3. The molecule has 0 atom stereocenters. The number of aromatic nitrogens is 1. The summed E-state index contributed by atoms with van der Waals surface area (Å²) in [5, 5.41) is 5.11. The second kappa shape index (κ2) is 14.1. The lowest BCUT2D eigenvalue weighted by Crippen LogP contribution is -2.59. The van der Waals surface area contributed by atoms with Crippen LogP contribution in [0.15, 0.2) is 65.8 Å². The highest BCUT2D eigenvalue weighted by atomic mass is 35.5. The van der Waals surface area contributed by atoms with Gasteiger partial charge in [0.2, 0.25) is 21.8 Å². The van der Waals surface area contributed by atoms with E-state index in [1.165, 1.54) is 10.4 Å². The number of pyridine rings is 1. The molecule has 2 saturated heterocycles. The maximum atomic E-state index is 13.7. The number of nitrogens with zero attached hydrogens (tertiary/aromatic N) is 4. The van der Waals surface area contributed by atoms with Gasteiger partial charge in [-0.3, -0.25) is 19.4 Å². The van der Waals surface area contributed by atoms with Crippen LogP contribution in [0, 0.1) is 5.41 Å². The van der Waals surface area contributed by atoms with E-state index in [1.54, 1.807) is 54.5 Å². The fraction of sp³-hybridized carbons (Fsp3) is 0.438. The number of piperidine rings is 1. The second-order valence-electron chi connectivity index (χ2n) is 11.4. The number of esters is 1. The maximum Gasteiger partial charge on any atom is 0.305 e. The van der Waals surface area contributed by atoms with Gasteiger partial charge in [-0.1, -0.05) is 23.7 Å². The van der Waals surface area contributed by atoms with Gasteiger partial charge in [0, 0.05) is 68.8 Å². The molecule has 2 amide bonds. The van der Waals surface area contributed by atoms with Crippen LogP contribution in [0.3, 0.4) is 0 Å². The molecule has 2 aliphatic heterocycles. The number of hydrogen-bond acceptors (Lipinski definition) is 8. The number of benzene rings is 2. The number of amides is 2. The number of nitrogens with one attached hydrogen (secondary N) is 1. The first-order valence-electron chi connectivity index (χ1n) is 15.2. The van der Waals surface area contributed by atoms with Crippen LogP contribution >= 0.6 is 11.6 Å². The van der Waals surface area contributed by atoms with Crippen LogP contribution in [0.4, 0.5) is 5.69 Å². The molecule has 0 bridgehead atoms. The Balaban J connectivity index is 1.27. The van der Waals surface area contributed by atoms with Gasteiger partial charge in [-0.25, -0.2) is 8.42 Å². The summed E-state index contributed by atoms with van der Waals surface area (Å²) in [6, 6.07) is 13.9. The van der Waals surface area contributed by atoms with Crippen LogP contribution in [0.1, 0.15) is 32.6 Å². The molecule has 45 heavy (non-hydrogen) atoms. The molecular weight excluding hydrogens is 618 g/mol. The van der Waals surface area contributed by atoms with Crippen molar-refractivity contribution in [2.24, 2.45) is 5.41 Å². The minimum atomic E-state index is -3.92. The monoisotopic (exact) mass is 655 g/mol. The third-order valence-corrected chi connectivity index (χ3v) is 10.6. The number of fused-ring (bicyclic) bond motifs is 1. The van der Waals surface area contributed by atoms with Gasteiger partial charge in [-0.15, -0.1) is 0 Å². The van der Waals surface area contributed by atoms with Gasteiger partial charge < -0.3 is 19.9 Å². The summed E-state index contributed by atoms with van der Waals surface area (Å²) in [5.74, 6) is -0.818. The minimum Gasteiger partial charge on any atom is -0.466 e. The Morgan fingerprint density at radius 1 is 1.00 bits per heavy atom. The Morgan fingerprint density at radius 3 is 2.42 bits per heavy atom. The minimum absolute atomic E-state index is 0.112. The smallest absolute Gasteiger partial charge is 0.305 e. The van der Waals surface area contributed by atoms with Gasteiger partial charge in [0.05, 0.1) is 23.5 Å². The average molecular weight is 656 g/mol. The Labute approximate surface area is 268 Å². The summed E-state index contributed by atoms with van der Waals surface area (Å²) in [4.78, 5) is 47.0. The molecule has 1 N–H and O–H groups in total. The van der Waals surface area contributed by atoms with Gasteiger partial charge in [-0.05, 0) is 73.4 Å². The summed E-state index contributed by atoms with van der Waals surface area (Å²) in [7, 11) is -3.92. The van der Waals surface area contributed by atoms with Crippen LogP contribution in [-0.4, -0.2) is 92.8 Å². The van der Waals surface area contributed by atoms with Crippen LogP contribution < -0.4 is 10.2 Å². The number of hydrogen-bond donors (Lipinski definition) is 1. The van der Waals surface area contributed by atoms with Gasteiger partial charge in [0.1, 0.15) is 0 Å². The van der Waals surface area contributed by atoms with E-state index >= 15 is 0 Å². The van der Waals surface area contributed by atoms with E-state index in [-0.39, 0.29) is 55.3 Å². The Hall–Kier alpha value is -3.74. The van der Waals surface area contributed by atoms with Crippen molar-refractivity contribution < 1.29 is 27.5 Å². The zero-order valence-corrected chi connectivity index (χ0v) is 26.9. The van der Waals surface area contributed by atoms with Gasteiger partial charge in [-0.2, -0.15) is 4.31 Å². The normalized spacial score (nSPS) is 17.3. The highest BCUT2D eigenvalue weighted by Crippen LogP contribution is 2.36. The SMILES string of the molecule is CCOC(=O)CCCNC(=O)C1(CN2CCN(S(=O)(=O)c3ccc4cc(Cl)ccc4c3)CC2=O)CCN(c2ccncc2)CC1. The molecule has 0 radical (unpaired) electrons. The Kier molecular flexibility index (Phi) is 10.3. The van der Waals surface area contributed by atoms with Crippen molar-refractivity contribution in [1.82, 2.24) is 19.5 Å². The van der Waals surface area contributed by atoms with Crippen molar-refractivity contribution in [3.63, 3.8) is 0 Å². The van der Waals surface area contributed by atoms with Gasteiger partial charge >= 0.3 is 5.97 Å². The molecule has 5 rings (SSSR count). The fourth-order valence-electron chi connectivity index (χ4n) is 5.99. The number of sulfonamides is 1. The van der Waals surface area contributed by atoms with Crippen LogP contribution in [-0.2, 0) is 29.1 Å². The number of piperazine rings is 1. The van der Waals surface area contributed by atoms with Crippen molar-refractivity contribution >= 4 is 55.9 Å². The molecule has 2 aromatic carbocycles. The lowest BCUT2D eigenvalue weighted by molar-refractivity contribution is -0.144. The summed E-state index contributed by atoms with van der Waals surface area (Å²) < 4.78 is 33.3. The molecule has 3 aromatic rings. The predicted molar refractivity (Wildman–Crippen MR) is 171 cm³/mol. The molecule has 0 saturated carbocycles. The summed E-state index contributed by atoms with van der Waals surface area (Å²) in [6.45, 7) is 3.75. The molecule has 0 spiro atoms. The van der Waals surface area contributed by atoms with E-state index in [1.807, 2.05) is 12.1 Å². The van der Waals surface area contributed by atoms with Crippen molar-refractivity contribution in [3.05, 3.63) is 65.9 Å². The number of carbonyl (C=O) groups is 3. The molecule has 1 aromatic heterocycles. The first kappa shape index (κ1) is 32.6. The first-order chi connectivity index (χ1) is 21.6. The number of carbonyl (C=O) groups excluding carboxylic acids is 3. The number of anilines is 1. The van der Waals surface area contributed by atoms with Gasteiger partial charge in [0.15, 0.2) is 0 Å². The van der Waals surface area contributed by atoms with Crippen molar-refractivity contribution in [1.29, 1.82) is 0 Å². The molecule has 0 aliphatic carbocycles. The number of ether oxygens (including phenoxy) is 1. The molecule has 3 heterocycles. The van der Waals surface area contributed by atoms with E-state index < -0.39 is 15.4 Å². The molecule has 240 valence electrons. The van der Waals surface area contributed by atoms with Crippen LogP contribution in [0.5, 0.6) is 0 Å². The first-order valence-corrected chi connectivity index (χ1v) is 17.0. The summed E-state index contributed by atoms with van der Waals surface area (Å²) in [5.41, 5.74) is 0.157. The topological polar surface area (TPSA) is 129 Å². The van der Waals surface area contributed by atoms with E-state index in [2.05, 4.69) is 15.2 Å². The third kappa shape index (κ3) is 7.57. The Morgan fingerprint density at radius 2 is 1.71 bits per heavy atom. The molecule has 2 fully saturated rings. The van der Waals surface area contributed by atoms with Crippen LogP contribution in [0.2, 0.25) is 5.02 Å². The highest BCUT2D eigenvalue weighted by molar-refractivity contribution is 7.89. The third-order valence-electron chi connectivity index (χ3n) is 8.57. The Bertz CT molecular complexity index is 1650. The molecule has 0 unspecified atom stereocenters. The highest BCUT2D eigenvalue weighted by Gasteiger charge is 2.45. The van der Waals surface area contributed by atoms with Crippen LogP contribution in [0.25, 0.3) is 10.8 Å². The lowest BCUT2D eigenvalue weighted by Gasteiger charge is -2.45. The fourth-order valence-corrected chi connectivity index (χ4v) is 7.59. The number of halogens is 1. The lowest BCUT2D eigenvalue weighted by atomic mass is 9.76. The standard InChI is InChI=1S/C32H38ClN5O6S/c1-2-44-30(40)4-3-13-35-31(41)32(11-16-36(17-12-32)27-9-14-34-15-10-27)23-37-18-19-38(22-29(37)39)45(42,43)28-8-6-24-20-26(33)7-5-25(24)21-28/h5-10,14-15,20-21H,2-4,11-13,16-19,22-23H2,1H3,(H,35,41). The molecule has 2 aliphatic rings. The largest absolute Gasteiger partial charge is 0.466 e. The maximum absolute atomic E-state index is 13.7. The zero-order chi connectivity index (χ0) is 32.0. The average Bonchev–Trinajstić information content (AvgIpc) is 3.04. The molecule has 13 heteroatoms. The molecule has 11 nitrogen and oxygen atoms in total. The van der Waals surface area contributed by atoms with Crippen molar-refractivity contribution in [2.45, 2.75) is 37.5 Å². The van der Waals surface area contributed by atoms with Crippen molar-refractivity contribution in [3.8, 4) is 0 Å². The second-order valence-corrected chi connectivity index (χ2v) is 13.8. The predicted octanol–water partition coefficient (Wildman–Crippen LogP) is 3.47. The summed E-state index contributed by atoms with van der Waals surface area (Å²) in [6.07, 6.45) is 5.12. The van der Waals surface area contributed by atoms with Crippen molar-refractivity contribution in [2.75, 3.05) is 57.3 Å².